The minimum absolute atomic E-state index is 0.174. The Labute approximate surface area is 194 Å². The van der Waals surface area contributed by atoms with E-state index in [1.807, 2.05) is 48.5 Å². The van der Waals surface area contributed by atoms with Gasteiger partial charge < -0.3 is 25.4 Å². The summed E-state index contributed by atoms with van der Waals surface area (Å²) < 4.78 is 10.9. The average molecular weight is 444 g/mol. The Morgan fingerprint density at radius 1 is 0.939 bits per heavy atom. The number of anilines is 2. The van der Waals surface area contributed by atoms with Gasteiger partial charge in [-0.25, -0.2) is 0 Å². The first kappa shape index (κ1) is 22.4. The number of amides is 1. The van der Waals surface area contributed by atoms with Crippen molar-refractivity contribution in [3.63, 3.8) is 0 Å². The van der Waals surface area contributed by atoms with Crippen LogP contribution in [0.3, 0.4) is 0 Å². The van der Waals surface area contributed by atoms with Crippen molar-refractivity contribution in [1.29, 1.82) is 0 Å². The third-order valence-corrected chi connectivity index (χ3v) is 5.56. The summed E-state index contributed by atoms with van der Waals surface area (Å²) in [5.74, 6) is 0.966. The highest BCUT2D eigenvalue weighted by atomic mass is 16.5. The standard InChI is InChI=1S/C27H29N3O3/c1-4-14-28-17-18-10-12-20(13-11-18)29-26(19-8-6-5-7-9-19)25-21-15-23(32-2)24(33-3)16-22(21)30-27(25)31/h5-13,15-16,28-29H,4,14,17H2,1-3H3,(H,30,31)/b26-25-. The van der Waals surface area contributed by atoms with Crippen LogP contribution in [0, 0.1) is 0 Å². The van der Waals surface area contributed by atoms with Crippen molar-refractivity contribution >= 4 is 28.6 Å². The van der Waals surface area contributed by atoms with Gasteiger partial charge in [0.15, 0.2) is 11.5 Å². The van der Waals surface area contributed by atoms with Gasteiger partial charge in [0, 0.05) is 23.9 Å². The molecule has 1 aliphatic heterocycles. The molecule has 0 fully saturated rings. The Morgan fingerprint density at radius 2 is 1.64 bits per heavy atom. The summed E-state index contributed by atoms with van der Waals surface area (Å²) in [6.07, 6.45) is 1.11. The number of carbonyl (C=O) groups is 1. The Bertz CT molecular complexity index is 1160. The van der Waals surface area contributed by atoms with E-state index in [0.717, 1.165) is 42.0 Å². The van der Waals surface area contributed by atoms with E-state index in [0.29, 0.717) is 22.8 Å². The smallest absolute Gasteiger partial charge is 0.258 e. The lowest BCUT2D eigenvalue weighted by Crippen LogP contribution is -2.13. The molecule has 1 amide bonds. The maximum absolute atomic E-state index is 13.1. The van der Waals surface area contributed by atoms with Gasteiger partial charge in [-0.05, 0) is 42.3 Å². The number of hydrogen-bond donors (Lipinski definition) is 3. The number of hydrogen-bond acceptors (Lipinski definition) is 5. The molecule has 6 nitrogen and oxygen atoms in total. The second kappa shape index (κ2) is 10.2. The molecule has 3 N–H and O–H groups in total. The van der Waals surface area contributed by atoms with E-state index in [9.17, 15) is 4.79 Å². The third kappa shape index (κ3) is 4.86. The molecule has 170 valence electrons. The van der Waals surface area contributed by atoms with E-state index in [4.69, 9.17) is 9.47 Å². The second-order valence-corrected chi connectivity index (χ2v) is 7.82. The van der Waals surface area contributed by atoms with Crippen LogP contribution in [0.15, 0.2) is 66.7 Å². The number of ether oxygens (including phenoxy) is 2. The number of benzene rings is 3. The maximum atomic E-state index is 13.1. The SMILES string of the molecule is CCCNCc1ccc(N/C(=C2\C(=O)Nc3cc(OC)c(OC)cc32)c2ccccc2)cc1. The highest BCUT2D eigenvalue weighted by molar-refractivity contribution is 6.37. The quantitative estimate of drug-likeness (QED) is 0.316. The van der Waals surface area contributed by atoms with Crippen LogP contribution in [0.25, 0.3) is 11.3 Å². The molecule has 0 saturated heterocycles. The highest BCUT2D eigenvalue weighted by Crippen LogP contribution is 2.43. The minimum Gasteiger partial charge on any atom is -0.493 e. The summed E-state index contributed by atoms with van der Waals surface area (Å²) in [5, 5.41) is 9.88. The van der Waals surface area contributed by atoms with E-state index in [-0.39, 0.29) is 5.91 Å². The second-order valence-electron chi connectivity index (χ2n) is 7.82. The van der Waals surface area contributed by atoms with Crippen LogP contribution < -0.4 is 25.4 Å². The molecule has 33 heavy (non-hydrogen) atoms. The molecule has 0 bridgehead atoms. The highest BCUT2D eigenvalue weighted by Gasteiger charge is 2.30. The molecule has 0 spiro atoms. The molecular formula is C27H29N3O3. The number of rotatable bonds is 9. The monoisotopic (exact) mass is 443 g/mol. The van der Waals surface area contributed by atoms with Crippen LogP contribution in [0.4, 0.5) is 11.4 Å². The number of nitrogens with one attached hydrogen (secondary N) is 3. The third-order valence-electron chi connectivity index (χ3n) is 5.56. The molecule has 3 aromatic carbocycles. The number of methoxy groups -OCH3 is 2. The van der Waals surface area contributed by atoms with Gasteiger partial charge in [-0.3, -0.25) is 4.79 Å². The van der Waals surface area contributed by atoms with E-state index in [1.54, 1.807) is 20.3 Å². The molecule has 0 aliphatic carbocycles. The van der Waals surface area contributed by atoms with Gasteiger partial charge in [-0.2, -0.15) is 0 Å². The predicted octanol–water partition coefficient (Wildman–Crippen LogP) is 5.14. The van der Waals surface area contributed by atoms with Crippen molar-refractivity contribution in [3.05, 3.63) is 83.4 Å². The average Bonchev–Trinajstić information content (AvgIpc) is 3.17. The minimum atomic E-state index is -0.174. The molecule has 3 aromatic rings. The van der Waals surface area contributed by atoms with Crippen molar-refractivity contribution in [2.75, 3.05) is 31.4 Å². The summed E-state index contributed by atoms with van der Waals surface area (Å²) in [5.41, 5.74) is 5.79. The van der Waals surface area contributed by atoms with Gasteiger partial charge in [0.2, 0.25) is 0 Å². The van der Waals surface area contributed by atoms with E-state index < -0.39 is 0 Å². The van der Waals surface area contributed by atoms with Crippen LogP contribution in [0.1, 0.15) is 30.0 Å². The number of carbonyl (C=O) groups excluding carboxylic acids is 1. The van der Waals surface area contributed by atoms with Crippen molar-refractivity contribution in [3.8, 4) is 11.5 Å². The van der Waals surface area contributed by atoms with Gasteiger partial charge in [0.1, 0.15) is 0 Å². The molecule has 0 saturated carbocycles. The largest absolute Gasteiger partial charge is 0.493 e. The van der Waals surface area contributed by atoms with E-state index in [2.05, 4.69) is 35.0 Å². The zero-order valence-electron chi connectivity index (χ0n) is 19.2. The van der Waals surface area contributed by atoms with E-state index >= 15 is 0 Å². The maximum Gasteiger partial charge on any atom is 0.258 e. The summed E-state index contributed by atoms with van der Waals surface area (Å²) >= 11 is 0. The lowest BCUT2D eigenvalue weighted by Gasteiger charge is -2.16. The van der Waals surface area contributed by atoms with Crippen molar-refractivity contribution in [2.24, 2.45) is 0 Å². The molecule has 0 aromatic heterocycles. The predicted molar refractivity (Wildman–Crippen MR) is 133 cm³/mol. The van der Waals surface area contributed by atoms with Gasteiger partial charge in [0.25, 0.3) is 5.91 Å². The fourth-order valence-corrected chi connectivity index (χ4v) is 3.89. The first-order valence-corrected chi connectivity index (χ1v) is 11.1. The Balaban J connectivity index is 1.76. The van der Waals surface area contributed by atoms with Gasteiger partial charge >= 0.3 is 0 Å². The molecular weight excluding hydrogens is 414 g/mol. The first-order valence-electron chi connectivity index (χ1n) is 11.1. The van der Waals surface area contributed by atoms with E-state index in [1.165, 1.54) is 5.56 Å². The van der Waals surface area contributed by atoms with Crippen LogP contribution in [0.2, 0.25) is 0 Å². The molecule has 0 atom stereocenters. The fraction of sp³-hybridized carbons (Fsp3) is 0.222. The normalized spacial score (nSPS) is 13.8. The molecule has 1 heterocycles. The van der Waals surface area contributed by atoms with Gasteiger partial charge in [-0.1, -0.05) is 49.4 Å². The van der Waals surface area contributed by atoms with Crippen LogP contribution in [-0.4, -0.2) is 26.7 Å². The van der Waals surface area contributed by atoms with Gasteiger partial charge in [-0.15, -0.1) is 0 Å². The molecule has 1 aliphatic rings. The van der Waals surface area contributed by atoms with Crippen LogP contribution in [-0.2, 0) is 11.3 Å². The molecule has 0 unspecified atom stereocenters. The lowest BCUT2D eigenvalue weighted by atomic mass is 9.99. The van der Waals surface area contributed by atoms with Crippen molar-refractivity contribution in [1.82, 2.24) is 5.32 Å². The Kier molecular flexibility index (Phi) is 6.95. The summed E-state index contributed by atoms with van der Waals surface area (Å²) in [7, 11) is 3.17. The zero-order chi connectivity index (χ0) is 23.2. The first-order chi connectivity index (χ1) is 16.1. The topological polar surface area (TPSA) is 71.6 Å². The fourth-order valence-electron chi connectivity index (χ4n) is 3.89. The Hall–Kier alpha value is -3.77. The van der Waals surface area contributed by atoms with Crippen molar-refractivity contribution < 1.29 is 14.3 Å². The van der Waals surface area contributed by atoms with Gasteiger partial charge in [0.05, 0.1) is 31.2 Å². The lowest BCUT2D eigenvalue weighted by molar-refractivity contribution is -0.110. The zero-order valence-corrected chi connectivity index (χ0v) is 19.2. The summed E-state index contributed by atoms with van der Waals surface area (Å²) in [4.78, 5) is 13.1. The molecule has 4 rings (SSSR count). The number of fused-ring (bicyclic) bond motifs is 1. The summed E-state index contributed by atoms with van der Waals surface area (Å²) in [6.45, 7) is 3.98. The Morgan fingerprint density at radius 3 is 2.30 bits per heavy atom. The molecule has 6 heteroatoms. The van der Waals surface area contributed by atoms with Crippen molar-refractivity contribution in [2.45, 2.75) is 19.9 Å². The summed E-state index contributed by atoms with van der Waals surface area (Å²) in [6, 6.07) is 21.8. The molecule has 0 radical (unpaired) electrons. The van der Waals surface area contributed by atoms with Crippen LogP contribution >= 0.6 is 0 Å². The van der Waals surface area contributed by atoms with Crippen LogP contribution in [0.5, 0.6) is 11.5 Å².